The summed E-state index contributed by atoms with van der Waals surface area (Å²) in [5.74, 6) is 1.14. The number of hydrogen-bond donors (Lipinski definition) is 2. The number of anilines is 1. The fourth-order valence-electron chi connectivity index (χ4n) is 2.44. The lowest BCUT2D eigenvalue weighted by Crippen LogP contribution is -2.18. The normalized spacial score (nSPS) is 10.5. The first kappa shape index (κ1) is 16.9. The maximum Gasteiger partial charge on any atom is 0.254 e. The van der Waals surface area contributed by atoms with Gasteiger partial charge in [0.2, 0.25) is 0 Å². The average molecular weight is 358 g/mol. The van der Waals surface area contributed by atoms with Gasteiger partial charge in [0.15, 0.2) is 0 Å². The highest BCUT2D eigenvalue weighted by molar-refractivity contribution is 6.32. The molecule has 0 aliphatic heterocycles. The fourth-order valence-corrected chi connectivity index (χ4v) is 2.66. The molecule has 3 N–H and O–H groups in total. The number of fused-ring (bicyclic) bond motifs is 1. The Hall–Kier alpha value is -2.99. The van der Waals surface area contributed by atoms with Gasteiger partial charge in [0, 0.05) is 30.4 Å². The largest absolute Gasteiger partial charge is 0.496 e. The van der Waals surface area contributed by atoms with E-state index in [1.165, 1.54) is 7.11 Å². The molecule has 1 aromatic heterocycles. The van der Waals surface area contributed by atoms with E-state index >= 15 is 0 Å². The number of methoxy groups -OCH3 is 1. The highest BCUT2D eigenvalue weighted by atomic mass is 35.5. The van der Waals surface area contributed by atoms with Crippen molar-refractivity contribution in [2.45, 2.75) is 0 Å². The van der Waals surface area contributed by atoms with E-state index in [2.05, 4.69) is 10.3 Å². The van der Waals surface area contributed by atoms with E-state index in [-0.39, 0.29) is 5.91 Å². The summed E-state index contributed by atoms with van der Waals surface area (Å²) in [6.07, 6.45) is 1.61. The first-order valence-corrected chi connectivity index (χ1v) is 7.83. The lowest BCUT2D eigenvalue weighted by molar-refractivity contribution is 0.0960. The molecule has 7 heteroatoms. The summed E-state index contributed by atoms with van der Waals surface area (Å²) >= 11 is 6.18. The third-order valence-electron chi connectivity index (χ3n) is 3.67. The number of nitrogens with one attached hydrogen (secondary N) is 1. The summed E-state index contributed by atoms with van der Waals surface area (Å²) in [6, 6.07) is 10.1. The SMILES string of the molecule is CNC(=O)c1cc2c(Oc3ccc(N)cc3Cl)ccnc2cc1OC. The zero-order valence-electron chi connectivity index (χ0n) is 13.7. The Morgan fingerprint density at radius 3 is 2.64 bits per heavy atom. The highest BCUT2D eigenvalue weighted by Crippen LogP contribution is 2.36. The van der Waals surface area contributed by atoms with E-state index in [1.807, 2.05) is 0 Å². The van der Waals surface area contributed by atoms with Crippen LogP contribution in [0.1, 0.15) is 10.4 Å². The maximum absolute atomic E-state index is 12.1. The van der Waals surface area contributed by atoms with Gasteiger partial charge in [-0.05, 0) is 30.3 Å². The number of carbonyl (C=O) groups excluding carboxylic acids is 1. The number of halogens is 1. The quantitative estimate of drug-likeness (QED) is 0.696. The number of pyridine rings is 1. The van der Waals surface area contributed by atoms with E-state index in [4.69, 9.17) is 26.8 Å². The zero-order valence-corrected chi connectivity index (χ0v) is 14.4. The van der Waals surface area contributed by atoms with Crippen molar-refractivity contribution < 1.29 is 14.3 Å². The summed E-state index contributed by atoms with van der Waals surface area (Å²) in [5.41, 5.74) is 7.27. The molecule has 6 nitrogen and oxygen atoms in total. The van der Waals surface area contributed by atoms with Crippen molar-refractivity contribution in [2.24, 2.45) is 0 Å². The van der Waals surface area contributed by atoms with Gasteiger partial charge in [-0.2, -0.15) is 0 Å². The Balaban J connectivity index is 2.13. The second kappa shape index (κ2) is 6.86. The molecular weight excluding hydrogens is 342 g/mol. The zero-order chi connectivity index (χ0) is 18.0. The second-order valence-corrected chi connectivity index (χ2v) is 5.66. The smallest absolute Gasteiger partial charge is 0.254 e. The molecule has 0 bridgehead atoms. The molecule has 0 aliphatic carbocycles. The molecule has 3 aromatic rings. The van der Waals surface area contributed by atoms with Crippen molar-refractivity contribution in [1.29, 1.82) is 0 Å². The van der Waals surface area contributed by atoms with Crippen LogP contribution in [-0.4, -0.2) is 25.0 Å². The van der Waals surface area contributed by atoms with Gasteiger partial charge in [-0.1, -0.05) is 11.6 Å². The molecule has 1 heterocycles. The standard InChI is InChI=1S/C18H16ClN3O3/c1-21-18(23)12-8-11-14(9-17(12)24-2)22-6-5-15(11)25-16-4-3-10(20)7-13(16)19/h3-9H,20H2,1-2H3,(H,21,23). The lowest BCUT2D eigenvalue weighted by atomic mass is 10.1. The first-order chi connectivity index (χ1) is 12.0. The van der Waals surface area contributed by atoms with Crippen LogP contribution < -0.4 is 20.5 Å². The van der Waals surface area contributed by atoms with Crippen molar-refractivity contribution in [3.8, 4) is 17.2 Å². The average Bonchev–Trinajstić information content (AvgIpc) is 2.62. The van der Waals surface area contributed by atoms with Gasteiger partial charge >= 0.3 is 0 Å². The Morgan fingerprint density at radius 2 is 1.96 bits per heavy atom. The number of nitrogens with zero attached hydrogens (tertiary/aromatic N) is 1. The summed E-state index contributed by atoms with van der Waals surface area (Å²) in [4.78, 5) is 16.4. The Bertz CT molecular complexity index is 960. The van der Waals surface area contributed by atoms with Crippen molar-refractivity contribution in [3.63, 3.8) is 0 Å². The minimum atomic E-state index is -0.265. The van der Waals surface area contributed by atoms with Crippen LogP contribution in [0.15, 0.2) is 42.6 Å². The molecule has 0 spiro atoms. The predicted octanol–water partition coefficient (Wildman–Crippen LogP) is 3.63. The van der Waals surface area contributed by atoms with Crippen molar-refractivity contribution in [3.05, 3.63) is 53.2 Å². The van der Waals surface area contributed by atoms with Crippen LogP contribution in [-0.2, 0) is 0 Å². The minimum Gasteiger partial charge on any atom is -0.496 e. The second-order valence-electron chi connectivity index (χ2n) is 5.25. The van der Waals surface area contributed by atoms with E-state index in [0.717, 1.165) is 0 Å². The number of benzene rings is 2. The van der Waals surface area contributed by atoms with Gasteiger partial charge in [0.1, 0.15) is 17.2 Å². The predicted molar refractivity (Wildman–Crippen MR) is 97.6 cm³/mol. The Labute approximate surface area is 149 Å². The van der Waals surface area contributed by atoms with Crippen LogP contribution in [0, 0.1) is 0 Å². The molecule has 128 valence electrons. The van der Waals surface area contributed by atoms with Gasteiger partial charge < -0.3 is 20.5 Å². The number of nitrogen functional groups attached to an aromatic ring is 1. The van der Waals surface area contributed by atoms with Crippen molar-refractivity contribution in [1.82, 2.24) is 10.3 Å². The molecule has 0 fully saturated rings. The summed E-state index contributed by atoms with van der Waals surface area (Å²) in [6.45, 7) is 0. The monoisotopic (exact) mass is 357 g/mol. The molecule has 0 saturated heterocycles. The molecule has 3 rings (SSSR count). The van der Waals surface area contributed by atoms with Gasteiger partial charge in [0.25, 0.3) is 5.91 Å². The third-order valence-corrected chi connectivity index (χ3v) is 3.97. The van der Waals surface area contributed by atoms with Crippen LogP contribution >= 0.6 is 11.6 Å². The lowest BCUT2D eigenvalue weighted by Gasteiger charge is -2.13. The Kier molecular flexibility index (Phi) is 4.63. The number of carbonyl (C=O) groups is 1. The maximum atomic E-state index is 12.1. The number of amides is 1. The van der Waals surface area contributed by atoms with Gasteiger partial charge in [-0.25, -0.2) is 0 Å². The minimum absolute atomic E-state index is 0.265. The first-order valence-electron chi connectivity index (χ1n) is 7.45. The van der Waals surface area contributed by atoms with Crippen LogP contribution in [0.5, 0.6) is 17.2 Å². The van der Waals surface area contributed by atoms with Crippen molar-refractivity contribution >= 4 is 34.1 Å². The molecule has 2 aromatic carbocycles. The number of rotatable bonds is 4. The van der Waals surface area contributed by atoms with Crippen LogP contribution in [0.3, 0.4) is 0 Å². The van der Waals surface area contributed by atoms with E-state index in [0.29, 0.717) is 44.4 Å². The van der Waals surface area contributed by atoms with Crippen LogP contribution in [0.25, 0.3) is 10.9 Å². The van der Waals surface area contributed by atoms with Crippen LogP contribution in [0.4, 0.5) is 5.69 Å². The van der Waals surface area contributed by atoms with Gasteiger partial charge in [-0.3, -0.25) is 9.78 Å². The molecule has 1 amide bonds. The van der Waals surface area contributed by atoms with E-state index in [9.17, 15) is 4.79 Å². The molecule has 0 unspecified atom stereocenters. The Morgan fingerprint density at radius 1 is 1.16 bits per heavy atom. The molecular formula is C18H16ClN3O3. The molecule has 0 atom stereocenters. The third kappa shape index (κ3) is 3.29. The van der Waals surface area contributed by atoms with E-state index < -0.39 is 0 Å². The molecule has 25 heavy (non-hydrogen) atoms. The van der Waals surface area contributed by atoms with Gasteiger partial charge in [0.05, 0.1) is 23.2 Å². The van der Waals surface area contributed by atoms with Crippen LogP contribution in [0.2, 0.25) is 5.02 Å². The topological polar surface area (TPSA) is 86.5 Å². The number of ether oxygens (including phenoxy) is 2. The summed E-state index contributed by atoms with van der Waals surface area (Å²) in [7, 11) is 3.06. The molecule has 0 radical (unpaired) electrons. The molecule has 0 aliphatic rings. The fraction of sp³-hybridized carbons (Fsp3) is 0.111. The number of aromatic nitrogens is 1. The van der Waals surface area contributed by atoms with E-state index in [1.54, 1.807) is 49.6 Å². The van der Waals surface area contributed by atoms with Crippen molar-refractivity contribution in [2.75, 3.05) is 19.9 Å². The number of hydrogen-bond acceptors (Lipinski definition) is 5. The number of nitrogens with two attached hydrogens (primary N) is 1. The van der Waals surface area contributed by atoms with Gasteiger partial charge in [-0.15, -0.1) is 0 Å². The molecule has 0 saturated carbocycles. The summed E-state index contributed by atoms with van der Waals surface area (Å²) in [5, 5.41) is 3.65. The summed E-state index contributed by atoms with van der Waals surface area (Å²) < 4.78 is 11.2. The highest BCUT2D eigenvalue weighted by Gasteiger charge is 2.16.